The number of halogens is 1. The van der Waals surface area contributed by atoms with E-state index in [2.05, 4.69) is 6.92 Å². The molecule has 10 heavy (non-hydrogen) atoms. The molecule has 0 radical (unpaired) electrons. The average molecular weight is 259 g/mol. The number of nitrogens with two attached hydrogens (primary N) is 1. The molecule has 1 atom stereocenters. The average Bonchev–Trinajstić information content (AvgIpc) is 1.84. The highest BCUT2D eigenvalue weighted by Gasteiger charge is 2.38. The molecule has 0 aromatic rings. The van der Waals surface area contributed by atoms with Crippen molar-refractivity contribution in [3.05, 3.63) is 0 Å². The van der Waals surface area contributed by atoms with E-state index in [4.69, 9.17) is 8.91 Å². The highest BCUT2D eigenvalue weighted by Crippen LogP contribution is 2.24. The Morgan fingerprint density at radius 1 is 1.60 bits per heavy atom. The van der Waals surface area contributed by atoms with E-state index in [0.717, 1.165) is 6.42 Å². The van der Waals surface area contributed by atoms with Crippen LogP contribution in [0.2, 0.25) is 0 Å². The van der Waals surface area contributed by atoms with Gasteiger partial charge in [0.2, 0.25) is 5.72 Å². The minimum Gasteiger partial charge on any atom is -0.256 e. The fraction of sp³-hybridized carbons (Fsp3) is 1.00. The van der Waals surface area contributed by atoms with Crippen LogP contribution < -0.4 is 5.84 Å². The van der Waals surface area contributed by atoms with Crippen LogP contribution >= 0.6 is 23.0 Å². The van der Waals surface area contributed by atoms with Crippen LogP contribution in [0.4, 0.5) is 0 Å². The molecule has 0 rings (SSSR count). The summed E-state index contributed by atoms with van der Waals surface area (Å²) in [6.07, 6.45) is 0.902. The van der Waals surface area contributed by atoms with E-state index in [1.54, 1.807) is 0 Å². The molecule has 0 amide bonds. The van der Waals surface area contributed by atoms with Gasteiger partial charge in [0.05, 0.1) is 14.1 Å². The topological polar surface area (TPSA) is 35.2 Å². The Labute approximate surface area is 76.8 Å². The molecule has 0 fully saturated rings. The second-order valence-electron chi connectivity index (χ2n) is 3.15. The van der Waals surface area contributed by atoms with Gasteiger partial charge in [-0.05, 0) is 0 Å². The van der Waals surface area contributed by atoms with Gasteiger partial charge in [-0.25, -0.2) is 4.59 Å². The van der Waals surface area contributed by atoms with E-state index in [1.165, 1.54) is 0 Å². The highest BCUT2D eigenvalue weighted by atomic mass is 127. The fourth-order valence-corrected chi connectivity index (χ4v) is 1.37. The molecule has 62 valence electrons. The standard InChI is InChI=1S/C6H16IN2O/c1-5-6(2,10-7)9(3,4)8/h5,8H2,1-4H3/q+1. The maximum absolute atomic E-state index is 5.84. The van der Waals surface area contributed by atoms with Gasteiger partial charge in [0.1, 0.15) is 23.0 Å². The molecule has 0 aromatic carbocycles. The number of hydrogen-bond acceptors (Lipinski definition) is 2. The normalized spacial score (nSPS) is 18.6. The molecule has 2 N–H and O–H groups in total. The van der Waals surface area contributed by atoms with Crippen molar-refractivity contribution in [2.24, 2.45) is 5.84 Å². The lowest BCUT2D eigenvalue weighted by Gasteiger charge is -2.38. The first-order chi connectivity index (χ1) is 4.37. The van der Waals surface area contributed by atoms with Gasteiger partial charge in [0.15, 0.2) is 0 Å². The van der Waals surface area contributed by atoms with Crippen LogP contribution in [0.25, 0.3) is 0 Å². The summed E-state index contributed by atoms with van der Waals surface area (Å²) in [4.78, 5) is 0. The summed E-state index contributed by atoms with van der Waals surface area (Å²) in [6, 6.07) is 0. The molecule has 0 heterocycles. The van der Waals surface area contributed by atoms with Gasteiger partial charge in [-0.3, -0.25) is 3.07 Å². The van der Waals surface area contributed by atoms with Gasteiger partial charge in [-0.15, -0.1) is 0 Å². The first-order valence-corrected chi connectivity index (χ1v) is 4.18. The Bertz CT molecular complexity index is 107. The predicted octanol–water partition coefficient (Wildman–Crippen LogP) is 1.43. The molecular weight excluding hydrogens is 243 g/mol. The Balaban J connectivity index is 4.33. The first-order valence-electron chi connectivity index (χ1n) is 3.30. The maximum atomic E-state index is 5.84. The van der Waals surface area contributed by atoms with E-state index < -0.39 is 0 Å². The third-order valence-electron chi connectivity index (χ3n) is 2.04. The third-order valence-corrected chi connectivity index (χ3v) is 2.99. The SMILES string of the molecule is CCC(C)(OI)[N+](C)(C)N. The molecule has 0 saturated carbocycles. The molecule has 0 aromatic heterocycles. The molecule has 0 aliphatic carbocycles. The van der Waals surface area contributed by atoms with Gasteiger partial charge < -0.3 is 0 Å². The monoisotopic (exact) mass is 259 g/mol. The van der Waals surface area contributed by atoms with E-state index >= 15 is 0 Å². The summed E-state index contributed by atoms with van der Waals surface area (Å²) in [6.45, 7) is 4.06. The lowest BCUT2D eigenvalue weighted by Crippen LogP contribution is -2.62. The second-order valence-corrected chi connectivity index (χ2v) is 3.59. The van der Waals surface area contributed by atoms with Crippen LogP contribution in [-0.2, 0) is 3.07 Å². The molecule has 1 unspecified atom stereocenters. The van der Waals surface area contributed by atoms with Crippen molar-refractivity contribution in [3.8, 4) is 0 Å². The van der Waals surface area contributed by atoms with Crippen molar-refractivity contribution in [3.63, 3.8) is 0 Å². The van der Waals surface area contributed by atoms with Crippen LogP contribution in [0.3, 0.4) is 0 Å². The molecule has 0 saturated heterocycles. The van der Waals surface area contributed by atoms with Crippen molar-refractivity contribution in [2.75, 3.05) is 14.1 Å². The van der Waals surface area contributed by atoms with E-state index in [-0.39, 0.29) is 5.72 Å². The summed E-state index contributed by atoms with van der Waals surface area (Å²) in [7, 11) is 3.84. The Morgan fingerprint density at radius 2 is 2.00 bits per heavy atom. The van der Waals surface area contributed by atoms with Crippen LogP contribution in [-0.4, -0.2) is 24.4 Å². The quantitative estimate of drug-likeness (QED) is 0.273. The number of nitrogens with zero attached hydrogens (tertiary/aromatic N) is 1. The Morgan fingerprint density at radius 3 is 2.00 bits per heavy atom. The summed E-state index contributed by atoms with van der Waals surface area (Å²) in [5.74, 6) is 5.84. The van der Waals surface area contributed by atoms with Crippen LogP contribution in [0.15, 0.2) is 0 Å². The van der Waals surface area contributed by atoms with Crippen molar-refractivity contribution in [1.82, 2.24) is 0 Å². The molecule has 0 spiro atoms. The smallest absolute Gasteiger partial charge is 0.227 e. The zero-order chi connectivity index (χ0) is 8.41. The molecular formula is C6H16IN2O+. The lowest BCUT2D eigenvalue weighted by molar-refractivity contribution is -0.970. The zero-order valence-electron chi connectivity index (χ0n) is 7.02. The highest BCUT2D eigenvalue weighted by molar-refractivity contribution is 14.1. The lowest BCUT2D eigenvalue weighted by atomic mass is 10.2. The fourth-order valence-electron chi connectivity index (χ4n) is 0.551. The molecule has 0 aliphatic rings. The zero-order valence-corrected chi connectivity index (χ0v) is 9.18. The van der Waals surface area contributed by atoms with E-state index in [9.17, 15) is 0 Å². The third kappa shape index (κ3) is 2.05. The number of hydrogen-bond donors (Lipinski definition) is 1. The minimum absolute atomic E-state index is 0.277. The van der Waals surface area contributed by atoms with Gasteiger partial charge in [-0.1, -0.05) is 6.92 Å². The van der Waals surface area contributed by atoms with Crippen molar-refractivity contribution in [2.45, 2.75) is 26.0 Å². The summed E-state index contributed by atoms with van der Waals surface area (Å²) in [5.41, 5.74) is -0.277. The van der Waals surface area contributed by atoms with Crippen molar-refractivity contribution < 1.29 is 7.66 Å². The van der Waals surface area contributed by atoms with E-state index in [0.29, 0.717) is 4.59 Å². The van der Waals surface area contributed by atoms with Crippen molar-refractivity contribution >= 4 is 23.0 Å². The maximum Gasteiger partial charge on any atom is 0.227 e. The summed E-state index contributed by atoms with van der Waals surface area (Å²) < 4.78 is 5.61. The molecule has 0 aliphatic heterocycles. The van der Waals surface area contributed by atoms with Crippen LogP contribution in [0.1, 0.15) is 20.3 Å². The predicted molar refractivity (Wildman–Crippen MR) is 50.1 cm³/mol. The van der Waals surface area contributed by atoms with Gasteiger partial charge >= 0.3 is 0 Å². The molecule has 3 nitrogen and oxygen atoms in total. The van der Waals surface area contributed by atoms with Crippen LogP contribution in [0, 0.1) is 0 Å². The van der Waals surface area contributed by atoms with Gasteiger partial charge in [0, 0.05) is 13.3 Å². The summed E-state index contributed by atoms with van der Waals surface area (Å²) in [5, 5.41) is 0. The molecule has 0 bridgehead atoms. The summed E-state index contributed by atoms with van der Waals surface area (Å²) >= 11 is 1.90. The number of quaternary nitrogens is 1. The van der Waals surface area contributed by atoms with Gasteiger partial charge in [-0.2, -0.15) is 5.84 Å². The Kier molecular flexibility index (Phi) is 3.54. The number of rotatable bonds is 3. The van der Waals surface area contributed by atoms with Crippen LogP contribution in [0.5, 0.6) is 0 Å². The van der Waals surface area contributed by atoms with E-state index in [1.807, 2.05) is 44.0 Å². The largest absolute Gasteiger partial charge is 0.256 e. The minimum atomic E-state index is -0.277. The first kappa shape index (κ1) is 10.6. The van der Waals surface area contributed by atoms with Crippen molar-refractivity contribution in [1.29, 1.82) is 0 Å². The molecule has 4 heteroatoms. The van der Waals surface area contributed by atoms with Gasteiger partial charge in [0.25, 0.3) is 0 Å². The Hall–Kier alpha value is 0.610. The second kappa shape index (κ2) is 3.34.